The number of hydrogen-bond donors (Lipinski definition) is 0. The summed E-state index contributed by atoms with van der Waals surface area (Å²) < 4.78 is 5.16. The molecular weight excluding hydrogens is 274 g/mol. The molecule has 0 fully saturated rings. The lowest BCUT2D eigenvalue weighted by Crippen LogP contribution is -1.98. The van der Waals surface area contributed by atoms with Crippen LogP contribution < -0.4 is 4.74 Å². The molecule has 1 heterocycles. The normalized spacial score (nSPS) is 10.2. The molecule has 0 unspecified atom stereocenters. The Hall–Kier alpha value is -3.19. The third kappa shape index (κ3) is 2.40. The summed E-state index contributed by atoms with van der Waals surface area (Å²) in [6.07, 6.45) is 0. The van der Waals surface area contributed by atoms with Gasteiger partial charge in [0.15, 0.2) is 0 Å². The highest BCUT2D eigenvalue weighted by Crippen LogP contribution is 2.27. The van der Waals surface area contributed by atoms with Gasteiger partial charge in [-0.1, -0.05) is 36.9 Å². The van der Waals surface area contributed by atoms with Crippen molar-refractivity contribution in [3.63, 3.8) is 0 Å². The number of aromatic nitrogens is 2. The van der Waals surface area contributed by atoms with Crippen molar-refractivity contribution in [1.82, 2.24) is 9.97 Å². The van der Waals surface area contributed by atoms with Crippen LogP contribution in [0.5, 0.6) is 5.75 Å². The van der Waals surface area contributed by atoms with Gasteiger partial charge in [-0.3, -0.25) is 0 Å². The molecule has 0 saturated carbocycles. The van der Waals surface area contributed by atoms with Crippen molar-refractivity contribution in [3.05, 3.63) is 72.2 Å². The van der Waals surface area contributed by atoms with Gasteiger partial charge >= 0.3 is 0 Å². The van der Waals surface area contributed by atoms with Crippen LogP contribution in [0.4, 0.5) is 0 Å². The van der Waals surface area contributed by atoms with E-state index in [9.17, 15) is 0 Å². The second-order valence-corrected chi connectivity index (χ2v) is 4.73. The molecule has 0 saturated heterocycles. The SMILES string of the molecule is C=C(c1ccc(OC)cc1)c1nc(C#N)nc2ccccc12. The minimum absolute atomic E-state index is 0.142. The number of ether oxygens (including phenoxy) is 1. The smallest absolute Gasteiger partial charge is 0.233 e. The molecule has 0 spiro atoms. The van der Waals surface area contributed by atoms with Crippen LogP contribution in [-0.4, -0.2) is 17.1 Å². The molecule has 0 radical (unpaired) electrons. The van der Waals surface area contributed by atoms with E-state index in [-0.39, 0.29) is 5.82 Å². The topological polar surface area (TPSA) is 58.8 Å². The Bertz CT molecular complexity index is 892. The zero-order valence-corrected chi connectivity index (χ0v) is 12.1. The molecule has 4 heteroatoms. The maximum atomic E-state index is 9.12. The van der Waals surface area contributed by atoms with Crippen LogP contribution in [0.25, 0.3) is 16.5 Å². The summed E-state index contributed by atoms with van der Waals surface area (Å²) in [5, 5.41) is 10.00. The lowest BCUT2D eigenvalue weighted by atomic mass is 10.0. The summed E-state index contributed by atoms with van der Waals surface area (Å²) in [6, 6.07) is 17.2. The molecule has 0 amide bonds. The van der Waals surface area contributed by atoms with Gasteiger partial charge in [-0.25, -0.2) is 9.97 Å². The van der Waals surface area contributed by atoms with Crippen LogP contribution in [0.2, 0.25) is 0 Å². The molecule has 0 aliphatic carbocycles. The molecule has 3 aromatic rings. The summed E-state index contributed by atoms with van der Waals surface area (Å²) in [7, 11) is 1.63. The van der Waals surface area contributed by atoms with Gasteiger partial charge in [-0.05, 0) is 23.8 Å². The number of para-hydroxylation sites is 1. The summed E-state index contributed by atoms with van der Waals surface area (Å²) in [5.41, 5.74) is 3.08. The molecular formula is C18H13N3O. The number of methoxy groups -OCH3 is 1. The van der Waals surface area contributed by atoms with Gasteiger partial charge in [0.05, 0.1) is 18.3 Å². The molecule has 4 nitrogen and oxygen atoms in total. The van der Waals surface area contributed by atoms with E-state index in [4.69, 9.17) is 10.00 Å². The van der Waals surface area contributed by atoms with Gasteiger partial charge < -0.3 is 4.74 Å². The standard InChI is InChI=1S/C18H13N3O/c1-12(13-7-9-14(22-2)10-8-13)18-15-5-3-4-6-16(15)20-17(11-19)21-18/h3-10H,1H2,2H3. The number of fused-ring (bicyclic) bond motifs is 1. The maximum absolute atomic E-state index is 9.12. The Balaban J connectivity index is 2.15. The van der Waals surface area contributed by atoms with E-state index >= 15 is 0 Å². The summed E-state index contributed by atoms with van der Waals surface area (Å²) in [6.45, 7) is 4.14. The van der Waals surface area contributed by atoms with Crippen molar-refractivity contribution >= 4 is 16.5 Å². The first-order chi connectivity index (χ1) is 10.7. The third-order valence-electron chi connectivity index (χ3n) is 3.43. The van der Waals surface area contributed by atoms with Gasteiger partial charge in [-0.15, -0.1) is 0 Å². The molecule has 106 valence electrons. The Kier molecular flexibility index (Phi) is 3.55. The van der Waals surface area contributed by atoms with Crippen molar-refractivity contribution in [2.45, 2.75) is 0 Å². The number of hydrogen-bond acceptors (Lipinski definition) is 4. The molecule has 0 aliphatic rings. The fourth-order valence-corrected chi connectivity index (χ4v) is 2.29. The van der Waals surface area contributed by atoms with Gasteiger partial charge in [0, 0.05) is 11.0 Å². The van der Waals surface area contributed by atoms with Crippen LogP contribution in [-0.2, 0) is 0 Å². The summed E-state index contributed by atoms with van der Waals surface area (Å²) in [4.78, 5) is 8.56. The first kappa shape index (κ1) is 13.8. The Morgan fingerprint density at radius 3 is 2.50 bits per heavy atom. The maximum Gasteiger partial charge on any atom is 0.233 e. The number of nitriles is 1. The molecule has 0 N–H and O–H groups in total. The Labute approximate surface area is 128 Å². The van der Waals surface area contributed by atoms with Gasteiger partial charge in [0.1, 0.15) is 11.8 Å². The second kappa shape index (κ2) is 5.66. The quantitative estimate of drug-likeness (QED) is 0.739. The van der Waals surface area contributed by atoms with Crippen molar-refractivity contribution < 1.29 is 4.74 Å². The molecule has 2 aromatic carbocycles. The van der Waals surface area contributed by atoms with Crippen molar-refractivity contribution in [1.29, 1.82) is 5.26 Å². The Morgan fingerprint density at radius 1 is 1.09 bits per heavy atom. The number of nitrogens with zero attached hydrogens (tertiary/aromatic N) is 3. The largest absolute Gasteiger partial charge is 0.497 e. The van der Waals surface area contributed by atoms with Crippen LogP contribution >= 0.6 is 0 Å². The van der Waals surface area contributed by atoms with E-state index < -0.39 is 0 Å². The monoisotopic (exact) mass is 287 g/mol. The van der Waals surface area contributed by atoms with Gasteiger partial charge in [0.2, 0.25) is 5.82 Å². The average Bonchev–Trinajstić information content (AvgIpc) is 2.60. The van der Waals surface area contributed by atoms with E-state index in [1.54, 1.807) is 7.11 Å². The highest BCUT2D eigenvalue weighted by molar-refractivity contribution is 5.93. The van der Waals surface area contributed by atoms with Crippen molar-refractivity contribution in [2.24, 2.45) is 0 Å². The molecule has 22 heavy (non-hydrogen) atoms. The highest BCUT2D eigenvalue weighted by atomic mass is 16.5. The molecule has 0 atom stereocenters. The molecule has 0 bridgehead atoms. The lowest BCUT2D eigenvalue weighted by molar-refractivity contribution is 0.415. The predicted octanol–water partition coefficient (Wildman–Crippen LogP) is 3.57. The highest BCUT2D eigenvalue weighted by Gasteiger charge is 2.11. The van der Waals surface area contributed by atoms with Crippen molar-refractivity contribution in [3.8, 4) is 11.8 Å². The Morgan fingerprint density at radius 2 is 1.82 bits per heavy atom. The van der Waals surface area contributed by atoms with E-state index in [1.165, 1.54) is 0 Å². The molecule has 0 aliphatic heterocycles. The zero-order chi connectivity index (χ0) is 15.5. The second-order valence-electron chi connectivity index (χ2n) is 4.73. The first-order valence-corrected chi connectivity index (χ1v) is 6.73. The van der Waals surface area contributed by atoms with E-state index in [2.05, 4.69) is 16.5 Å². The van der Waals surface area contributed by atoms with Crippen LogP contribution in [0.1, 0.15) is 17.1 Å². The number of benzene rings is 2. The van der Waals surface area contributed by atoms with Crippen LogP contribution in [0, 0.1) is 11.3 Å². The third-order valence-corrected chi connectivity index (χ3v) is 3.43. The fraction of sp³-hybridized carbons (Fsp3) is 0.0556. The average molecular weight is 287 g/mol. The minimum atomic E-state index is 0.142. The van der Waals surface area contributed by atoms with E-state index in [0.29, 0.717) is 5.69 Å². The lowest BCUT2D eigenvalue weighted by Gasteiger charge is -2.10. The molecule has 3 rings (SSSR count). The minimum Gasteiger partial charge on any atom is -0.497 e. The van der Waals surface area contributed by atoms with Gasteiger partial charge in [0.25, 0.3) is 0 Å². The van der Waals surface area contributed by atoms with Crippen LogP contribution in [0.15, 0.2) is 55.1 Å². The summed E-state index contributed by atoms with van der Waals surface area (Å²) in [5.74, 6) is 0.921. The molecule has 1 aromatic heterocycles. The fourth-order valence-electron chi connectivity index (χ4n) is 2.29. The van der Waals surface area contributed by atoms with E-state index in [0.717, 1.165) is 27.8 Å². The van der Waals surface area contributed by atoms with E-state index in [1.807, 2.05) is 54.6 Å². The predicted molar refractivity (Wildman–Crippen MR) is 85.4 cm³/mol. The van der Waals surface area contributed by atoms with Crippen LogP contribution in [0.3, 0.4) is 0 Å². The zero-order valence-electron chi connectivity index (χ0n) is 12.1. The van der Waals surface area contributed by atoms with Gasteiger partial charge in [-0.2, -0.15) is 5.26 Å². The number of rotatable bonds is 3. The first-order valence-electron chi connectivity index (χ1n) is 6.73. The summed E-state index contributed by atoms with van der Waals surface area (Å²) >= 11 is 0. The van der Waals surface area contributed by atoms with Crippen molar-refractivity contribution in [2.75, 3.05) is 7.11 Å².